The van der Waals surface area contributed by atoms with Gasteiger partial charge in [-0.2, -0.15) is 0 Å². The van der Waals surface area contributed by atoms with Crippen LogP contribution in [0.15, 0.2) is 6.07 Å². The summed E-state index contributed by atoms with van der Waals surface area (Å²) < 4.78 is 27.2. The van der Waals surface area contributed by atoms with E-state index in [9.17, 15) is 13.6 Å². The lowest BCUT2D eigenvalue weighted by Gasteiger charge is -2.32. The highest BCUT2D eigenvalue weighted by atomic mass is 19.1. The van der Waals surface area contributed by atoms with Gasteiger partial charge in [-0.1, -0.05) is 0 Å². The number of nitrogens with two attached hydrogens (primary N) is 1. The van der Waals surface area contributed by atoms with Gasteiger partial charge in [0.15, 0.2) is 23.3 Å². The van der Waals surface area contributed by atoms with Gasteiger partial charge in [-0.15, -0.1) is 0 Å². The van der Waals surface area contributed by atoms with Crippen molar-refractivity contribution in [3.63, 3.8) is 0 Å². The lowest BCUT2D eigenvalue weighted by Crippen LogP contribution is -2.36. The molecule has 5 nitrogen and oxygen atoms in total. The summed E-state index contributed by atoms with van der Waals surface area (Å²) in [6, 6.07) is 0.837. The first kappa shape index (κ1) is 14.5. The van der Waals surface area contributed by atoms with Crippen LogP contribution in [-0.2, 0) is 4.79 Å². The van der Waals surface area contributed by atoms with E-state index in [2.05, 4.69) is 10.3 Å². The van der Waals surface area contributed by atoms with Gasteiger partial charge >= 0.3 is 0 Å². The number of rotatable bonds is 4. The van der Waals surface area contributed by atoms with E-state index in [1.54, 1.807) is 4.90 Å². The quantitative estimate of drug-likeness (QED) is 0.879. The second kappa shape index (κ2) is 6.02. The number of nitrogens with one attached hydrogen (secondary N) is 1. The van der Waals surface area contributed by atoms with Crippen molar-refractivity contribution >= 4 is 17.5 Å². The largest absolute Gasteiger partial charge is 0.371 e. The monoisotopic (exact) mass is 284 g/mol. The van der Waals surface area contributed by atoms with Crippen molar-refractivity contribution in [2.45, 2.75) is 19.3 Å². The summed E-state index contributed by atoms with van der Waals surface area (Å²) in [6.45, 7) is 1.16. The van der Waals surface area contributed by atoms with Crippen molar-refractivity contribution in [1.82, 2.24) is 4.98 Å². The molecule has 0 radical (unpaired) electrons. The van der Waals surface area contributed by atoms with Crippen molar-refractivity contribution in [1.29, 1.82) is 0 Å². The summed E-state index contributed by atoms with van der Waals surface area (Å²) in [6.07, 6.45) is 1.85. The van der Waals surface area contributed by atoms with E-state index in [1.165, 1.54) is 7.05 Å². The van der Waals surface area contributed by atoms with E-state index in [0.29, 0.717) is 19.5 Å². The lowest BCUT2D eigenvalue weighted by molar-refractivity contribution is -0.119. The third-order valence-electron chi connectivity index (χ3n) is 3.55. The molecule has 1 aromatic heterocycles. The van der Waals surface area contributed by atoms with Gasteiger partial charge in [0.1, 0.15) is 0 Å². The molecule has 1 fully saturated rings. The molecule has 7 heteroatoms. The van der Waals surface area contributed by atoms with Crippen LogP contribution in [0.5, 0.6) is 0 Å². The van der Waals surface area contributed by atoms with Crippen LogP contribution in [0.1, 0.15) is 19.3 Å². The normalized spacial score (nSPS) is 16.2. The van der Waals surface area contributed by atoms with Crippen LogP contribution in [0.25, 0.3) is 0 Å². The summed E-state index contributed by atoms with van der Waals surface area (Å²) in [5, 5.41) is 2.60. The first-order valence-corrected chi connectivity index (χ1v) is 6.58. The molecule has 1 aliphatic rings. The third kappa shape index (κ3) is 3.15. The van der Waals surface area contributed by atoms with E-state index in [-0.39, 0.29) is 23.5 Å². The molecule has 0 aromatic carbocycles. The lowest BCUT2D eigenvalue weighted by atomic mass is 9.93. The van der Waals surface area contributed by atoms with E-state index < -0.39 is 11.6 Å². The molecule has 0 bridgehead atoms. The number of halogens is 2. The smallest absolute Gasteiger partial charge is 0.217 e. The Balaban J connectivity index is 2.08. The number of aromatic nitrogens is 1. The summed E-state index contributed by atoms with van der Waals surface area (Å²) in [4.78, 5) is 16.6. The summed E-state index contributed by atoms with van der Waals surface area (Å²) in [7, 11) is 1.53. The molecule has 2 heterocycles. The van der Waals surface area contributed by atoms with Gasteiger partial charge in [-0.25, -0.2) is 13.8 Å². The maximum atomic E-state index is 13.8. The molecular weight excluding hydrogens is 266 g/mol. The van der Waals surface area contributed by atoms with Crippen LogP contribution < -0.4 is 16.0 Å². The number of nitrogens with zero attached hydrogens (tertiary/aromatic N) is 2. The highest BCUT2D eigenvalue weighted by Crippen LogP contribution is 2.27. The van der Waals surface area contributed by atoms with Crippen molar-refractivity contribution < 1.29 is 13.6 Å². The number of piperidine rings is 1. The Hall–Kier alpha value is -1.92. The molecular formula is C13H18F2N4O. The number of primary amides is 1. The summed E-state index contributed by atoms with van der Waals surface area (Å²) >= 11 is 0. The van der Waals surface area contributed by atoms with Crippen LogP contribution >= 0.6 is 0 Å². The maximum absolute atomic E-state index is 13.8. The standard InChI is InChI=1S/C13H18F2N4O/c1-17-12-9(14)7-10(15)13(18-12)19-4-2-8(3-5-19)6-11(16)20/h7-8H,2-6H2,1H3,(H2,16,20)(H,17,18). The maximum Gasteiger partial charge on any atom is 0.217 e. The van der Waals surface area contributed by atoms with Gasteiger partial charge in [0.2, 0.25) is 5.91 Å². The van der Waals surface area contributed by atoms with Crippen LogP contribution in [-0.4, -0.2) is 31.0 Å². The molecule has 20 heavy (non-hydrogen) atoms. The molecule has 110 valence electrons. The predicted octanol–water partition coefficient (Wildman–Crippen LogP) is 1.49. The molecule has 1 aromatic rings. The second-order valence-corrected chi connectivity index (χ2v) is 4.98. The molecule has 0 atom stereocenters. The SMILES string of the molecule is CNc1nc(N2CCC(CC(N)=O)CC2)c(F)cc1F. The molecule has 2 rings (SSSR count). The Bertz CT molecular complexity index is 501. The zero-order valence-electron chi connectivity index (χ0n) is 11.3. The van der Waals surface area contributed by atoms with Crippen molar-refractivity contribution in [2.24, 2.45) is 11.7 Å². The average Bonchev–Trinajstić information content (AvgIpc) is 2.39. The summed E-state index contributed by atoms with van der Waals surface area (Å²) in [5.74, 6) is -1.29. The van der Waals surface area contributed by atoms with Crippen molar-refractivity contribution in [3.05, 3.63) is 17.7 Å². The Morgan fingerprint density at radius 1 is 1.45 bits per heavy atom. The summed E-state index contributed by atoms with van der Waals surface area (Å²) in [5.41, 5.74) is 5.17. The van der Waals surface area contributed by atoms with Gasteiger partial charge in [-0.05, 0) is 18.8 Å². The topological polar surface area (TPSA) is 71.2 Å². The Kier molecular flexibility index (Phi) is 4.36. The second-order valence-electron chi connectivity index (χ2n) is 4.98. The van der Waals surface area contributed by atoms with E-state index >= 15 is 0 Å². The third-order valence-corrected chi connectivity index (χ3v) is 3.55. The number of anilines is 2. The number of carbonyl (C=O) groups excluding carboxylic acids is 1. The van der Waals surface area contributed by atoms with Gasteiger partial charge in [0, 0.05) is 32.6 Å². The van der Waals surface area contributed by atoms with Gasteiger partial charge < -0.3 is 16.0 Å². The van der Waals surface area contributed by atoms with E-state index in [4.69, 9.17) is 5.73 Å². The van der Waals surface area contributed by atoms with Crippen molar-refractivity contribution in [2.75, 3.05) is 30.4 Å². The molecule has 0 saturated carbocycles. The van der Waals surface area contributed by atoms with Crippen LogP contribution in [0, 0.1) is 17.6 Å². The molecule has 0 spiro atoms. The minimum atomic E-state index is -0.711. The highest BCUT2D eigenvalue weighted by Gasteiger charge is 2.24. The van der Waals surface area contributed by atoms with Gasteiger partial charge in [-0.3, -0.25) is 4.79 Å². The molecule has 3 N–H and O–H groups in total. The molecule has 1 saturated heterocycles. The first-order chi connectivity index (χ1) is 9.51. The highest BCUT2D eigenvalue weighted by molar-refractivity contribution is 5.74. The fourth-order valence-electron chi connectivity index (χ4n) is 2.49. The molecule has 0 unspecified atom stereocenters. The number of amides is 1. The number of carbonyl (C=O) groups is 1. The van der Waals surface area contributed by atoms with Crippen LogP contribution in [0.2, 0.25) is 0 Å². The fourth-order valence-corrected chi connectivity index (χ4v) is 2.49. The fraction of sp³-hybridized carbons (Fsp3) is 0.538. The van der Waals surface area contributed by atoms with Crippen LogP contribution in [0.4, 0.5) is 20.4 Å². The van der Waals surface area contributed by atoms with Gasteiger partial charge in [0.05, 0.1) is 0 Å². The van der Waals surface area contributed by atoms with Gasteiger partial charge in [0.25, 0.3) is 0 Å². The number of pyridine rings is 1. The Labute approximate surface area is 116 Å². The number of hydrogen-bond donors (Lipinski definition) is 2. The molecule has 1 aliphatic heterocycles. The Morgan fingerprint density at radius 3 is 2.65 bits per heavy atom. The minimum absolute atomic E-state index is 0.0284. The average molecular weight is 284 g/mol. The zero-order chi connectivity index (χ0) is 14.7. The Morgan fingerprint density at radius 2 is 2.10 bits per heavy atom. The molecule has 0 aliphatic carbocycles. The van der Waals surface area contributed by atoms with Crippen molar-refractivity contribution in [3.8, 4) is 0 Å². The predicted molar refractivity (Wildman–Crippen MR) is 72.4 cm³/mol. The van der Waals surface area contributed by atoms with E-state index in [0.717, 1.165) is 18.9 Å². The number of hydrogen-bond acceptors (Lipinski definition) is 4. The zero-order valence-corrected chi connectivity index (χ0v) is 11.3. The van der Waals surface area contributed by atoms with E-state index in [1.807, 2.05) is 0 Å². The first-order valence-electron chi connectivity index (χ1n) is 6.58. The van der Waals surface area contributed by atoms with Crippen LogP contribution in [0.3, 0.4) is 0 Å². The minimum Gasteiger partial charge on any atom is -0.371 e. The molecule has 1 amide bonds.